The molecule has 1 aliphatic rings. The van der Waals surface area contributed by atoms with Crippen molar-refractivity contribution >= 4 is 28.7 Å². The van der Waals surface area contributed by atoms with Crippen LogP contribution >= 0.6 is 23.6 Å². The van der Waals surface area contributed by atoms with Crippen LogP contribution in [0.3, 0.4) is 0 Å². The van der Waals surface area contributed by atoms with Crippen molar-refractivity contribution in [2.24, 2.45) is 0 Å². The third-order valence-corrected chi connectivity index (χ3v) is 3.41. The second-order valence-electron chi connectivity index (χ2n) is 3.71. The smallest absolute Gasteiger partial charge is 0.169 e. The first-order valence-corrected chi connectivity index (χ1v) is 6.13. The maximum atomic E-state index is 5.28. The van der Waals surface area contributed by atoms with Crippen LogP contribution in [0.1, 0.15) is 18.4 Å². The van der Waals surface area contributed by atoms with Gasteiger partial charge in [-0.15, -0.1) is 0 Å². The molecular formula is C10H14N2S2. The predicted octanol–water partition coefficient (Wildman–Crippen LogP) is 2.22. The van der Waals surface area contributed by atoms with Crippen LogP contribution in [0.25, 0.3) is 0 Å². The monoisotopic (exact) mass is 226 g/mol. The van der Waals surface area contributed by atoms with Crippen LogP contribution in [-0.4, -0.2) is 23.1 Å². The van der Waals surface area contributed by atoms with Gasteiger partial charge < -0.3 is 10.2 Å². The number of hydrogen-bond donors (Lipinski definition) is 1. The Balaban J connectivity index is 1.81. The number of nitrogens with one attached hydrogen (secondary N) is 1. The molecule has 0 radical (unpaired) electrons. The Morgan fingerprint density at radius 1 is 1.71 bits per heavy atom. The maximum absolute atomic E-state index is 5.28. The number of thiocarbonyl (C=S) groups is 1. The molecule has 0 unspecified atom stereocenters. The van der Waals surface area contributed by atoms with E-state index in [0.29, 0.717) is 6.04 Å². The molecule has 0 bridgehead atoms. The molecule has 0 spiro atoms. The summed E-state index contributed by atoms with van der Waals surface area (Å²) in [5, 5.41) is 8.46. The highest BCUT2D eigenvalue weighted by atomic mass is 32.1. The molecule has 0 atom stereocenters. The van der Waals surface area contributed by atoms with Gasteiger partial charge in [0.1, 0.15) is 0 Å². The van der Waals surface area contributed by atoms with Gasteiger partial charge >= 0.3 is 0 Å². The number of rotatable bonds is 3. The molecule has 2 nitrogen and oxygen atoms in total. The highest BCUT2D eigenvalue weighted by Gasteiger charge is 2.22. The van der Waals surface area contributed by atoms with Gasteiger partial charge in [0.05, 0.1) is 0 Å². The molecule has 76 valence electrons. The minimum Gasteiger partial charge on any atom is -0.360 e. The molecule has 1 aromatic rings. The van der Waals surface area contributed by atoms with Crippen LogP contribution < -0.4 is 5.32 Å². The summed E-state index contributed by atoms with van der Waals surface area (Å²) in [4.78, 5) is 2.09. The summed E-state index contributed by atoms with van der Waals surface area (Å²) < 4.78 is 0. The van der Waals surface area contributed by atoms with E-state index >= 15 is 0 Å². The largest absolute Gasteiger partial charge is 0.360 e. The summed E-state index contributed by atoms with van der Waals surface area (Å²) in [7, 11) is 2.04. The predicted molar refractivity (Wildman–Crippen MR) is 64.5 cm³/mol. The summed E-state index contributed by atoms with van der Waals surface area (Å²) >= 11 is 7.01. The molecule has 1 fully saturated rings. The lowest BCUT2D eigenvalue weighted by atomic mass is 10.3. The van der Waals surface area contributed by atoms with Crippen molar-refractivity contribution in [2.75, 3.05) is 7.05 Å². The third kappa shape index (κ3) is 2.69. The van der Waals surface area contributed by atoms with Crippen molar-refractivity contribution in [1.29, 1.82) is 0 Å². The SMILES string of the molecule is CN(Cc1ccsc1)C(=S)NC1CC1. The fraction of sp³-hybridized carbons (Fsp3) is 0.500. The lowest BCUT2D eigenvalue weighted by Crippen LogP contribution is -2.37. The van der Waals surface area contributed by atoms with E-state index in [1.54, 1.807) is 11.3 Å². The van der Waals surface area contributed by atoms with E-state index in [1.807, 2.05) is 7.05 Å². The molecule has 1 saturated carbocycles. The van der Waals surface area contributed by atoms with Gasteiger partial charge in [0.15, 0.2) is 5.11 Å². The zero-order valence-corrected chi connectivity index (χ0v) is 9.83. The Hall–Kier alpha value is -0.610. The molecule has 0 aliphatic heterocycles. The van der Waals surface area contributed by atoms with Crippen LogP contribution in [-0.2, 0) is 6.54 Å². The number of hydrogen-bond acceptors (Lipinski definition) is 2. The van der Waals surface area contributed by atoms with Crippen LogP contribution in [0.5, 0.6) is 0 Å². The molecule has 0 saturated heterocycles. The average Bonchev–Trinajstić information content (AvgIpc) is 2.81. The molecule has 4 heteroatoms. The highest BCUT2D eigenvalue weighted by Crippen LogP contribution is 2.19. The summed E-state index contributed by atoms with van der Waals surface area (Å²) in [6.45, 7) is 0.905. The van der Waals surface area contributed by atoms with E-state index in [1.165, 1.54) is 18.4 Å². The Kier molecular flexibility index (Phi) is 3.03. The van der Waals surface area contributed by atoms with E-state index in [0.717, 1.165) is 11.7 Å². The minimum absolute atomic E-state index is 0.646. The second-order valence-corrected chi connectivity index (χ2v) is 4.88. The molecule has 1 heterocycles. The second kappa shape index (κ2) is 4.28. The Bertz CT molecular complexity index is 304. The van der Waals surface area contributed by atoms with Crippen LogP contribution in [0.2, 0.25) is 0 Å². The quantitative estimate of drug-likeness (QED) is 0.796. The van der Waals surface area contributed by atoms with Gasteiger partial charge in [-0.05, 0) is 47.4 Å². The summed E-state index contributed by atoms with van der Waals surface area (Å²) in [5.41, 5.74) is 1.33. The zero-order valence-electron chi connectivity index (χ0n) is 8.19. The Morgan fingerprint density at radius 3 is 3.07 bits per heavy atom. The number of nitrogens with zero attached hydrogens (tertiary/aromatic N) is 1. The number of thiophene rings is 1. The fourth-order valence-corrected chi connectivity index (χ4v) is 2.13. The first-order chi connectivity index (χ1) is 6.75. The summed E-state index contributed by atoms with van der Waals surface area (Å²) in [6.07, 6.45) is 2.54. The lowest BCUT2D eigenvalue weighted by molar-refractivity contribution is 0.489. The van der Waals surface area contributed by atoms with Gasteiger partial charge in [0.25, 0.3) is 0 Å². The standard InChI is InChI=1S/C10H14N2S2/c1-12(6-8-4-5-14-7-8)10(13)11-9-2-3-9/h4-5,7,9H,2-3,6H2,1H3,(H,11,13). The van der Waals surface area contributed by atoms with Gasteiger partial charge in [-0.25, -0.2) is 0 Å². The molecule has 0 amide bonds. The van der Waals surface area contributed by atoms with E-state index in [-0.39, 0.29) is 0 Å². The molecular weight excluding hydrogens is 212 g/mol. The highest BCUT2D eigenvalue weighted by molar-refractivity contribution is 7.80. The Morgan fingerprint density at radius 2 is 2.50 bits per heavy atom. The maximum Gasteiger partial charge on any atom is 0.169 e. The van der Waals surface area contributed by atoms with Gasteiger partial charge in [0.2, 0.25) is 0 Å². The van der Waals surface area contributed by atoms with Crippen molar-refractivity contribution in [3.05, 3.63) is 22.4 Å². The van der Waals surface area contributed by atoms with E-state index in [2.05, 4.69) is 27.0 Å². The fourth-order valence-electron chi connectivity index (χ4n) is 1.24. The third-order valence-electron chi connectivity index (χ3n) is 2.25. The zero-order chi connectivity index (χ0) is 9.97. The van der Waals surface area contributed by atoms with Crippen molar-refractivity contribution in [3.8, 4) is 0 Å². The summed E-state index contributed by atoms with van der Waals surface area (Å²) in [6, 6.07) is 2.79. The van der Waals surface area contributed by atoms with Gasteiger partial charge in [-0.1, -0.05) is 0 Å². The summed E-state index contributed by atoms with van der Waals surface area (Å²) in [5.74, 6) is 0. The van der Waals surface area contributed by atoms with Crippen molar-refractivity contribution in [2.45, 2.75) is 25.4 Å². The molecule has 1 aromatic heterocycles. The molecule has 2 rings (SSSR count). The lowest BCUT2D eigenvalue weighted by Gasteiger charge is -2.20. The first-order valence-electron chi connectivity index (χ1n) is 4.78. The van der Waals surface area contributed by atoms with Gasteiger partial charge in [0, 0.05) is 19.6 Å². The van der Waals surface area contributed by atoms with Crippen LogP contribution in [0.4, 0.5) is 0 Å². The van der Waals surface area contributed by atoms with Gasteiger partial charge in [-0.3, -0.25) is 0 Å². The minimum atomic E-state index is 0.646. The van der Waals surface area contributed by atoms with E-state index < -0.39 is 0 Å². The van der Waals surface area contributed by atoms with E-state index in [9.17, 15) is 0 Å². The van der Waals surface area contributed by atoms with Crippen LogP contribution in [0, 0.1) is 0 Å². The van der Waals surface area contributed by atoms with Crippen molar-refractivity contribution in [1.82, 2.24) is 10.2 Å². The molecule has 0 aromatic carbocycles. The van der Waals surface area contributed by atoms with Crippen molar-refractivity contribution < 1.29 is 0 Å². The molecule has 14 heavy (non-hydrogen) atoms. The topological polar surface area (TPSA) is 15.3 Å². The Labute approximate surface area is 93.9 Å². The van der Waals surface area contributed by atoms with E-state index in [4.69, 9.17) is 12.2 Å². The van der Waals surface area contributed by atoms with Crippen LogP contribution in [0.15, 0.2) is 16.8 Å². The molecule has 1 aliphatic carbocycles. The molecule has 1 N–H and O–H groups in total. The average molecular weight is 226 g/mol. The van der Waals surface area contributed by atoms with Gasteiger partial charge in [-0.2, -0.15) is 11.3 Å². The first kappa shape index (κ1) is 9.93. The normalized spacial score (nSPS) is 15.2. The van der Waals surface area contributed by atoms with Crippen molar-refractivity contribution in [3.63, 3.8) is 0 Å².